The number of allylic oxidation sites excluding steroid dienone is 1. The largest absolute Gasteiger partial charge is 0.394 e. The highest BCUT2D eigenvalue weighted by atomic mass is 16.7. The minimum Gasteiger partial charge on any atom is -0.394 e. The van der Waals surface area contributed by atoms with Crippen LogP contribution in [0.4, 0.5) is 0 Å². The molecule has 11 nitrogen and oxygen atoms in total. The van der Waals surface area contributed by atoms with Crippen LogP contribution in [-0.4, -0.2) is 111 Å². The second kappa shape index (κ2) is 11.4. The molecule has 0 unspecified atom stereocenters. The van der Waals surface area contributed by atoms with E-state index < -0.39 is 68.0 Å². The van der Waals surface area contributed by atoms with E-state index in [-0.39, 0.29) is 16.9 Å². The van der Waals surface area contributed by atoms with E-state index in [0.717, 1.165) is 51.4 Å². The Morgan fingerprint density at radius 1 is 0.857 bits per heavy atom. The van der Waals surface area contributed by atoms with Crippen molar-refractivity contribution in [3.05, 3.63) is 11.6 Å². The molecule has 2 saturated heterocycles. The fourth-order valence-corrected chi connectivity index (χ4v) is 9.35. The number of rotatable bonds is 5. The molecule has 0 aromatic heterocycles. The van der Waals surface area contributed by atoms with Crippen molar-refractivity contribution >= 4 is 5.78 Å². The van der Waals surface area contributed by atoms with Crippen LogP contribution in [0.2, 0.25) is 0 Å². The van der Waals surface area contributed by atoms with Crippen molar-refractivity contribution in [2.45, 2.75) is 140 Å². The van der Waals surface area contributed by atoms with Gasteiger partial charge in [-0.05, 0) is 75.0 Å². The topological polar surface area (TPSA) is 175 Å². The second-order valence-electron chi connectivity index (χ2n) is 14.2. The molecule has 0 amide bonds. The molecule has 6 N–H and O–H groups in total. The van der Waals surface area contributed by atoms with E-state index in [1.54, 1.807) is 6.92 Å². The van der Waals surface area contributed by atoms with E-state index >= 15 is 0 Å². The lowest BCUT2D eigenvalue weighted by Crippen LogP contribution is -2.64. The third-order valence-electron chi connectivity index (χ3n) is 12.0. The number of ketones is 1. The van der Waals surface area contributed by atoms with Gasteiger partial charge in [-0.2, -0.15) is 0 Å². The van der Waals surface area contributed by atoms with Crippen molar-refractivity contribution in [3.63, 3.8) is 0 Å². The number of ether oxygens (including phenoxy) is 4. The molecule has 0 bridgehead atoms. The van der Waals surface area contributed by atoms with Crippen LogP contribution in [0.25, 0.3) is 0 Å². The van der Waals surface area contributed by atoms with Gasteiger partial charge in [0.25, 0.3) is 0 Å². The summed E-state index contributed by atoms with van der Waals surface area (Å²) in [7, 11) is 0. The Labute approximate surface area is 246 Å². The number of hydrogen-bond acceptors (Lipinski definition) is 11. The number of carbonyl (C=O) groups excluding carboxylic acids is 1. The molecule has 42 heavy (non-hydrogen) atoms. The monoisotopic (exact) mass is 596 g/mol. The third kappa shape index (κ3) is 4.92. The van der Waals surface area contributed by atoms with Crippen LogP contribution in [0.5, 0.6) is 0 Å². The SMILES string of the molecule is C[C@@H]1O[C@@H](O[C@H]2CC[C@@]3(C)C(=CC[C@@H]4[C@@H]3CC[C@]3(C)C(=O)CC[C@@H]43)C2)[C@H](O)[C@H](O)[C@H]1O[C@@H]1O[C@H](CO)[C@@H](O)[C@H](O)[C@H]1O. The predicted molar refractivity (Wildman–Crippen MR) is 147 cm³/mol. The van der Waals surface area contributed by atoms with Crippen molar-refractivity contribution in [2.75, 3.05) is 6.61 Å². The van der Waals surface area contributed by atoms with Gasteiger partial charge < -0.3 is 49.6 Å². The van der Waals surface area contributed by atoms with Crippen LogP contribution in [0.3, 0.4) is 0 Å². The van der Waals surface area contributed by atoms with E-state index in [1.807, 2.05) is 0 Å². The molecule has 5 fully saturated rings. The van der Waals surface area contributed by atoms with E-state index in [0.29, 0.717) is 23.5 Å². The zero-order valence-corrected chi connectivity index (χ0v) is 24.7. The molecule has 0 aromatic carbocycles. The van der Waals surface area contributed by atoms with Crippen molar-refractivity contribution < 1.29 is 54.4 Å². The van der Waals surface area contributed by atoms with Gasteiger partial charge in [0.15, 0.2) is 12.6 Å². The Hall–Kier alpha value is -0.990. The molecule has 11 heteroatoms. The highest BCUT2D eigenvalue weighted by molar-refractivity contribution is 5.87. The van der Waals surface area contributed by atoms with Crippen LogP contribution >= 0.6 is 0 Å². The maximum atomic E-state index is 12.7. The van der Waals surface area contributed by atoms with Gasteiger partial charge in [0.2, 0.25) is 0 Å². The fraction of sp³-hybridized carbons (Fsp3) is 0.903. The van der Waals surface area contributed by atoms with Crippen LogP contribution in [0.15, 0.2) is 11.6 Å². The zero-order chi connectivity index (χ0) is 30.1. The highest BCUT2D eigenvalue weighted by Crippen LogP contribution is 2.64. The molecule has 4 aliphatic carbocycles. The first kappa shape index (κ1) is 31.0. The van der Waals surface area contributed by atoms with Gasteiger partial charge in [-0.25, -0.2) is 0 Å². The Balaban J connectivity index is 1.08. The minimum atomic E-state index is -1.64. The Morgan fingerprint density at radius 2 is 1.52 bits per heavy atom. The summed E-state index contributed by atoms with van der Waals surface area (Å²) in [6.07, 6.45) is -3.86. The van der Waals surface area contributed by atoms with Gasteiger partial charge in [0, 0.05) is 11.8 Å². The first-order chi connectivity index (χ1) is 19.9. The Kier molecular flexibility index (Phi) is 8.43. The number of fused-ring (bicyclic) bond motifs is 5. The van der Waals surface area contributed by atoms with Crippen molar-refractivity contribution in [2.24, 2.45) is 28.6 Å². The summed E-state index contributed by atoms with van der Waals surface area (Å²) in [5.74, 6) is 2.02. The van der Waals surface area contributed by atoms with E-state index in [4.69, 9.17) is 18.9 Å². The number of aliphatic hydroxyl groups excluding tert-OH is 6. The van der Waals surface area contributed by atoms with E-state index in [9.17, 15) is 35.4 Å². The second-order valence-corrected chi connectivity index (χ2v) is 14.2. The molecule has 0 aromatic rings. The first-order valence-electron chi connectivity index (χ1n) is 15.7. The summed E-state index contributed by atoms with van der Waals surface area (Å²) in [6, 6.07) is 0. The summed E-state index contributed by atoms with van der Waals surface area (Å²) in [5.41, 5.74) is 1.30. The van der Waals surface area contributed by atoms with Gasteiger partial charge in [-0.1, -0.05) is 25.5 Å². The molecule has 2 heterocycles. The summed E-state index contributed by atoms with van der Waals surface area (Å²) >= 11 is 0. The molecule has 16 atom stereocenters. The molecule has 2 aliphatic heterocycles. The molecule has 3 saturated carbocycles. The number of carbonyl (C=O) groups is 1. The summed E-state index contributed by atoms with van der Waals surface area (Å²) in [4.78, 5) is 12.7. The smallest absolute Gasteiger partial charge is 0.187 e. The zero-order valence-electron chi connectivity index (χ0n) is 24.7. The van der Waals surface area contributed by atoms with Crippen molar-refractivity contribution in [1.82, 2.24) is 0 Å². The number of aliphatic hydroxyl groups is 6. The molecule has 6 aliphatic rings. The fourth-order valence-electron chi connectivity index (χ4n) is 9.35. The van der Waals surface area contributed by atoms with Gasteiger partial charge in [0.1, 0.15) is 48.5 Å². The maximum Gasteiger partial charge on any atom is 0.187 e. The minimum absolute atomic E-state index is 0.0684. The van der Waals surface area contributed by atoms with Crippen LogP contribution in [0.1, 0.15) is 72.1 Å². The lowest BCUT2D eigenvalue weighted by molar-refractivity contribution is -0.359. The quantitative estimate of drug-likeness (QED) is 0.245. The van der Waals surface area contributed by atoms with E-state index in [2.05, 4.69) is 19.9 Å². The van der Waals surface area contributed by atoms with Gasteiger partial charge in [0.05, 0.1) is 18.8 Å². The Morgan fingerprint density at radius 3 is 2.26 bits per heavy atom. The molecule has 6 rings (SSSR count). The van der Waals surface area contributed by atoms with Gasteiger partial charge in [-0.3, -0.25) is 4.79 Å². The average Bonchev–Trinajstić information content (AvgIpc) is 3.28. The van der Waals surface area contributed by atoms with Crippen LogP contribution in [0, 0.1) is 28.6 Å². The van der Waals surface area contributed by atoms with Crippen LogP contribution in [-0.2, 0) is 23.7 Å². The Bertz CT molecular complexity index is 1050. The first-order valence-corrected chi connectivity index (χ1v) is 15.7. The molecule has 0 radical (unpaired) electrons. The molecule has 238 valence electrons. The maximum absolute atomic E-state index is 12.7. The van der Waals surface area contributed by atoms with Crippen molar-refractivity contribution in [3.8, 4) is 0 Å². The lowest BCUT2D eigenvalue weighted by Gasteiger charge is -2.57. The predicted octanol–water partition coefficient (Wildman–Crippen LogP) is 0.555. The summed E-state index contributed by atoms with van der Waals surface area (Å²) in [6.45, 7) is 5.61. The lowest BCUT2D eigenvalue weighted by atomic mass is 9.48. The van der Waals surface area contributed by atoms with Gasteiger partial charge >= 0.3 is 0 Å². The molecule has 0 spiro atoms. The standard InChI is InChI=1S/C31H48O11/c1-14-27(42-29-25(37)23(35)22(34)20(13-32)41-29)24(36)26(38)28(39-14)40-16-8-10-30(2)15(12-16)4-5-17-18-6-7-21(33)31(18,3)11-9-19(17)30/h4,14,16-20,22-29,32,34-38H,5-13H2,1-3H3/t14-,16-,17-,18-,19-,20+,22+,23-,24-,25+,26+,27-,28-,29-,30-,31-/m0/s1. The molecular formula is C31H48O11. The number of hydrogen-bond donors (Lipinski definition) is 6. The third-order valence-corrected chi connectivity index (χ3v) is 12.0. The summed E-state index contributed by atoms with van der Waals surface area (Å²) in [5, 5.41) is 61.8. The highest BCUT2D eigenvalue weighted by Gasteiger charge is 2.59. The average molecular weight is 597 g/mol. The van der Waals surface area contributed by atoms with E-state index in [1.165, 1.54) is 5.57 Å². The summed E-state index contributed by atoms with van der Waals surface area (Å²) < 4.78 is 23.4. The molecular weight excluding hydrogens is 548 g/mol. The number of Topliss-reactive ketones (excluding diaryl/α,β-unsaturated/α-hetero) is 1. The van der Waals surface area contributed by atoms with Crippen molar-refractivity contribution in [1.29, 1.82) is 0 Å². The van der Waals surface area contributed by atoms with Crippen LogP contribution < -0.4 is 0 Å². The normalized spacial score (nSPS) is 54.5. The van der Waals surface area contributed by atoms with Gasteiger partial charge in [-0.15, -0.1) is 0 Å².